The lowest BCUT2D eigenvalue weighted by molar-refractivity contribution is -0.131. The molecule has 0 radical (unpaired) electrons. The van der Waals surface area contributed by atoms with E-state index in [2.05, 4.69) is 4.98 Å². The number of aromatic nitrogens is 1. The molecular weight excluding hydrogens is 214 g/mol. The van der Waals surface area contributed by atoms with E-state index in [9.17, 15) is 4.79 Å². The first kappa shape index (κ1) is 11.1. The van der Waals surface area contributed by atoms with Crippen molar-refractivity contribution in [2.45, 2.75) is 0 Å². The number of carboxylic acids is 1. The largest absolute Gasteiger partial charge is 0.478 e. The monoisotopic (exact) mass is 225 g/mol. The van der Waals surface area contributed by atoms with Crippen molar-refractivity contribution < 1.29 is 9.90 Å². The van der Waals surface area contributed by atoms with Crippen molar-refractivity contribution in [3.63, 3.8) is 0 Å². The first-order valence-electron chi connectivity index (χ1n) is 5.17. The lowest BCUT2D eigenvalue weighted by atomic mass is 10.0. The molecule has 1 heterocycles. The minimum Gasteiger partial charge on any atom is -0.478 e. The summed E-state index contributed by atoms with van der Waals surface area (Å²) in [5.74, 6) is -0.945. The van der Waals surface area contributed by atoms with Gasteiger partial charge in [-0.2, -0.15) is 0 Å². The van der Waals surface area contributed by atoms with Crippen molar-refractivity contribution >= 4 is 12.0 Å². The summed E-state index contributed by atoms with van der Waals surface area (Å²) in [4.78, 5) is 14.4. The molecule has 3 heteroatoms. The lowest BCUT2D eigenvalue weighted by Crippen LogP contribution is -1.86. The van der Waals surface area contributed by atoms with Gasteiger partial charge in [0, 0.05) is 18.5 Å². The van der Waals surface area contributed by atoms with Gasteiger partial charge in [0.1, 0.15) is 0 Å². The van der Waals surface area contributed by atoms with Crippen LogP contribution in [0.25, 0.3) is 17.2 Å². The molecule has 0 aliphatic carbocycles. The van der Waals surface area contributed by atoms with Crippen molar-refractivity contribution in [1.82, 2.24) is 4.98 Å². The first-order valence-corrected chi connectivity index (χ1v) is 5.17. The van der Waals surface area contributed by atoms with E-state index in [4.69, 9.17) is 5.11 Å². The van der Waals surface area contributed by atoms with Crippen LogP contribution in [0.2, 0.25) is 0 Å². The molecule has 84 valence electrons. The molecule has 0 fully saturated rings. The van der Waals surface area contributed by atoms with Crippen LogP contribution in [0, 0.1) is 0 Å². The van der Waals surface area contributed by atoms with Crippen LogP contribution >= 0.6 is 0 Å². The molecule has 0 atom stereocenters. The Labute approximate surface area is 99.1 Å². The van der Waals surface area contributed by atoms with E-state index in [1.54, 1.807) is 18.5 Å². The zero-order valence-electron chi connectivity index (χ0n) is 9.08. The van der Waals surface area contributed by atoms with E-state index in [0.717, 1.165) is 22.8 Å². The molecule has 0 amide bonds. The molecule has 0 unspecified atom stereocenters. The first-order chi connectivity index (χ1) is 8.25. The molecule has 1 aromatic heterocycles. The molecule has 0 aliphatic heterocycles. The van der Waals surface area contributed by atoms with E-state index < -0.39 is 5.97 Å². The Balaban J connectivity index is 2.32. The molecule has 0 saturated heterocycles. The molecule has 0 aliphatic rings. The minimum absolute atomic E-state index is 0.863. The summed E-state index contributed by atoms with van der Waals surface area (Å²) >= 11 is 0. The number of aliphatic carboxylic acids is 1. The molecule has 2 rings (SSSR count). The van der Waals surface area contributed by atoms with Crippen LogP contribution in [0.3, 0.4) is 0 Å². The summed E-state index contributed by atoms with van der Waals surface area (Å²) < 4.78 is 0. The molecule has 0 bridgehead atoms. The number of carbonyl (C=O) groups is 1. The second kappa shape index (κ2) is 5.07. The molecule has 0 saturated carbocycles. The van der Waals surface area contributed by atoms with Gasteiger partial charge < -0.3 is 5.11 Å². The summed E-state index contributed by atoms with van der Waals surface area (Å²) in [5, 5.41) is 8.57. The molecular formula is C14H11NO2. The number of hydrogen-bond donors (Lipinski definition) is 1. The third-order valence-electron chi connectivity index (χ3n) is 2.32. The fourth-order valence-electron chi connectivity index (χ4n) is 1.53. The summed E-state index contributed by atoms with van der Waals surface area (Å²) in [6, 6.07) is 11.5. The topological polar surface area (TPSA) is 50.2 Å². The maximum Gasteiger partial charge on any atom is 0.328 e. The number of carboxylic acid groups (broad SMARTS) is 1. The highest BCUT2D eigenvalue weighted by Crippen LogP contribution is 2.19. The van der Waals surface area contributed by atoms with E-state index in [1.165, 1.54) is 0 Å². The fourth-order valence-corrected chi connectivity index (χ4v) is 1.53. The highest BCUT2D eigenvalue weighted by molar-refractivity contribution is 5.85. The van der Waals surface area contributed by atoms with Crippen molar-refractivity contribution in [3.8, 4) is 11.1 Å². The molecule has 2 aromatic rings. The van der Waals surface area contributed by atoms with Crippen LogP contribution in [-0.4, -0.2) is 16.1 Å². The normalized spacial score (nSPS) is 10.6. The van der Waals surface area contributed by atoms with Crippen molar-refractivity contribution in [2.24, 2.45) is 0 Å². The molecule has 1 N–H and O–H groups in total. The van der Waals surface area contributed by atoms with E-state index in [0.29, 0.717) is 0 Å². The van der Waals surface area contributed by atoms with Crippen LogP contribution in [0.1, 0.15) is 5.56 Å². The van der Waals surface area contributed by atoms with Gasteiger partial charge in [0.2, 0.25) is 0 Å². The van der Waals surface area contributed by atoms with Gasteiger partial charge in [-0.15, -0.1) is 0 Å². The highest BCUT2D eigenvalue weighted by atomic mass is 16.4. The Morgan fingerprint density at radius 3 is 2.59 bits per heavy atom. The number of hydrogen-bond acceptors (Lipinski definition) is 2. The second-order valence-corrected chi connectivity index (χ2v) is 3.53. The quantitative estimate of drug-likeness (QED) is 0.817. The smallest absolute Gasteiger partial charge is 0.328 e. The zero-order valence-corrected chi connectivity index (χ0v) is 9.08. The Hall–Kier alpha value is -2.42. The van der Waals surface area contributed by atoms with Crippen LogP contribution < -0.4 is 0 Å². The Kier molecular flexibility index (Phi) is 3.31. The lowest BCUT2D eigenvalue weighted by Gasteiger charge is -2.01. The third-order valence-corrected chi connectivity index (χ3v) is 2.32. The van der Waals surface area contributed by atoms with E-state index >= 15 is 0 Å². The van der Waals surface area contributed by atoms with Crippen molar-refractivity contribution in [2.75, 3.05) is 0 Å². The van der Waals surface area contributed by atoms with Gasteiger partial charge in [0.25, 0.3) is 0 Å². The van der Waals surface area contributed by atoms with Gasteiger partial charge >= 0.3 is 5.97 Å². The van der Waals surface area contributed by atoms with Crippen molar-refractivity contribution in [1.29, 1.82) is 0 Å². The predicted octanol–water partition coefficient (Wildman–Crippen LogP) is 2.85. The summed E-state index contributed by atoms with van der Waals surface area (Å²) in [6.45, 7) is 0. The Bertz CT molecular complexity index is 547. The average Bonchev–Trinajstić information content (AvgIpc) is 2.38. The van der Waals surface area contributed by atoms with Crippen LogP contribution in [0.15, 0.2) is 54.9 Å². The molecule has 3 nitrogen and oxygen atoms in total. The Morgan fingerprint density at radius 1 is 1.12 bits per heavy atom. The number of rotatable bonds is 3. The summed E-state index contributed by atoms with van der Waals surface area (Å²) in [5.41, 5.74) is 2.97. The fraction of sp³-hybridized carbons (Fsp3) is 0. The second-order valence-electron chi connectivity index (χ2n) is 3.53. The van der Waals surface area contributed by atoms with Gasteiger partial charge in [-0.25, -0.2) is 4.79 Å². The highest BCUT2D eigenvalue weighted by Gasteiger charge is 1.97. The SMILES string of the molecule is O=C(O)/C=C/c1cccc(-c2ccncc2)c1. The Morgan fingerprint density at radius 2 is 1.88 bits per heavy atom. The minimum atomic E-state index is -0.945. The predicted molar refractivity (Wildman–Crippen MR) is 66.3 cm³/mol. The van der Waals surface area contributed by atoms with Crippen LogP contribution in [0.5, 0.6) is 0 Å². The summed E-state index contributed by atoms with van der Waals surface area (Å²) in [7, 11) is 0. The van der Waals surface area contributed by atoms with Crippen LogP contribution in [-0.2, 0) is 4.79 Å². The third kappa shape index (κ3) is 3.01. The van der Waals surface area contributed by atoms with Gasteiger partial charge in [-0.1, -0.05) is 18.2 Å². The average molecular weight is 225 g/mol. The van der Waals surface area contributed by atoms with Crippen molar-refractivity contribution in [3.05, 3.63) is 60.4 Å². The molecule has 1 aromatic carbocycles. The zero-order chi connectivity index (χ0) is 12.1. The standard InChI is InChI=1S/C14H11NO2/c16-14(17)5-4-11-2-1-3-13(10-11)12-6-8-15-9-7-12/h1-10H,(H,16,17)/b5-4+. The summed E-state index contributed by atoms with van der Waals surface area (Å²) in [6.07, 6.45) is 6.17. The molecule has 17 heavy (non-hydrogen) atoms. The van der Waals surface area contributed by atoms with Gasteiger partial charge in [-0.05, 0) is 41.0 Å². The maximum absolute atomic E-state index is 10.4. The van der Waals surface area contributed by atoms with E-state index in [-0.39, 0.29) is 0 Å². The number of pyridine rings is 1. The van der Waals surface area contributed by atoms with Crippen LogP contribution in [0.4, 0.5) is 0 Å². The number of nitrogens with zero attached hydrogens (tertiary/aromatic N) is 1. The van der Waals surface area contributed by atoms with Gasteiger partial charge in [0.05, 0.1) is 0 Å². The van der Waals surface area contributed by atoms with E-state index in [1.807, 2.05) is 36.4 Å². The molecule has 0 spiro atoms. The van der Waals surface area contributed by atoms with Gasteiger partial charge in [0.15, 0.2) is 0 Å². The van der Waals surface area contributed by atoms with Gasteiger partial charge in [-0.3, -0.25) is 4.98 Å². The maximum atomic E-state index is 10.4. The number of benzene rings is 1.